The van der Waals surface area contributed by atoms with E-state index in [-0.39, 0.29) is 0 Å². The Labute approximate surface area is 109 Å². The lowest BCUT2D eigenvalue weighted by molar-refractivity contribution is -0.144. The average molecular weight is 263 g/mol. The zero-order chi connectivity index (χ0) is 14.3. The molecule has 0 aromatic heterocycles. The SMILES string of the molecule is COC(=O)C(NC(=O)/C=C\C(=O)O)c1ccccc1. The largest absolute Gasteiger partial charge is 0.478 e. The van der Waals surface area contributed by atoms with Gasteiger partial charge in [0.15, 0.2) is 6.04 Å². The molecule has 0 fully saturated rings. The molecule has 6 nitrogen and oxygen atoms in total. The first-order valence-corrected chi connectivity index (χ1v) is 5.39. The molecule has 0 heterocycles. The fraction of sp³-hybridized carbons (Fsp3) is 0.154. The Morgan fingerprint density at radius 3 is 2.37 bits per heavy atom. The van der Waals surface area contributed by atoms with Crippen LogP contribution in [0.15, 0.2) is 42.5 Å². The number of hydrogen-bond donors (Lipinski definition) is 2. The van der Waals surface area contributed by atoms with Crippen molar-refractivity contribution >= 4 is 17.8 Å². The Kier molecular flexibility index (Phi) is 5.28. The molecule has 1 rings (SSSR count). The zero-order valence-electron chi connectivity index (χ0n) is 10.2. The highest BCUT2D eigenvalue weighted by Crippen LogP contribution is 2.13. The Bertz CT molecular complexity index is 495. The second-order valence-corrected chi connectivity index (χ2v) is 3.55. The van der Waals surface area contributed by atoms with E-state index in [0.29, 0.717) is 11.6 Å². The molecule has 2 N–H and O–H groups in total. The maximum absolute atomic E-state index is 11.6. The van der Waals surface area contributed by atoms with Gasteiger partial charge in [-0.15, -0.1) is 0 Å². The monoisotopic (exact) mass is 263 g/mol. The summed E-state index contributed by atoms with van der Waals surface area (Å²) < 4.78 is 4.60. The lowest BCUT2D eigenvalue weighted by Gasteiger charge is -2.15. The molecule has 0 aliphatic heterocycles. The van der Waals surface area contributed by atoms with Gasteiger partial charge >= 0.3 is 11.9 Å². The van der Waals surface area contributed by atoms with E-state index < -0.39 is 23.9 Å². The highest BCUT2D eigenvalue weighted by Gasteiger charge is 2.22. The molecule has 1 aromatic rings. The number of amides is 1. The Balaban J connectivity index is 2.85. The summed E-state index contributed by atoms with van der Waals surface area (Å²) >= 11 is 0. The van der Waals surface area contributed by atoms with E-state index in [1.807, 2.05) is 0 Å². The van der Waals surface area contributed by atoms with Crippen molar-refractivity contribution in [2.24, 2.45) is 0 Å². The van der Waals surface area contributed by atoms with Crippen LogP contribution in [0, 0.1) is 0 Å². The summed E-state index contributed by atoms with van der Waals surface area (Å²) in [5, 5.41) is 10.8. The van der Waals surface area contributed by atoms with E-state index in [1.165, 1.54) is 7.11 Å². The van der Waals surface area contributed by atoms with Crippen LogP contribution in [0.25, 0.3) is 0 Å². The summed E-state index contributed by atoms with van der Waals surface area (Å²) in [7, 11) is 1.21. The van der Waals surface area contributed by atoms with Gasteiger partial charge in [0.25, 0.3) is 0 Å². The third-order valence-corrected chi connectivity index (χ3v) is 2.23. The van der Waals surface area contributed by atoms with Gasteiger partial charge in [-0.05, 0) is 5.56 Å². The number of aliphatic carboxylic acids is 1. The number of ether oxygens (including phenoxy) is 1. The number of carboxylic acids is 1. The van der Waals surface area contributed by atoms with Crippen molar-refractivity contribution in [2.75, 3.05) is 7.11 Å². The van der Waals surface area contributed by atoms with Crippen LogP contribution >= 0.6 is 0 Å². The van der Waals surface area contributed by atoms with Crippen LogP contribution in [0.4, 0.5) is 0 Å². The molecule has 6 heteroatoms. The van der Waals surface area contributed by atoms with Crippen LogP contribution in [-0.2, 0) is 19.1 Å². The predicted molar refractivity (Wildman–Crippen MR) is 66.1 cm³/mol. The predicted octanol–water partition coefficient (Wildman–Crippen LogP) is 0.658. The standard InChI is InChI=1S/C13H13NO5/c1-19-13(18)12(9-5-3-2-4-6-9)14-10(15)7-8-11(16)17/h2-8,12H,1H3,(H,14,15)(H,16,17)/b8-7-. The van der Waals surface area contributed by atoms with Crippen molar-refractivity contribution in [3.05, 3.63) is 48.0 Å². The maximum atomic E-state index is 11.6. The molecule has 0 aliphatic rings. The van der Waals surface area contributed by atoms with Gasteiger partial charge in [0.2, 0.25) is 5.91 Å². The molecule has 0 radical (unpaired) electrons. The van der Waals surface area contributed by atoms with Crippen molar-refractivity contribution in [1.82, 2.24) is 5.32 Å². The highest BCUT2D eigenvalue weighted by atomic mass is 16.5. The minimum atomic E-state index is -1.25. The quantitative estimate of drug-likeness (QED) is 0.601. The van der Waals surface area contributed by atoms with Gasteiger partial charge in [0.1, 0.15) is 0 Å². The molecule has 0 saturated heterocycles. The summed E-state index contributed by atoms with van der Waals surface area (Å²) in [6.45, 7) is 0. The van der Waals surface area contributed by atoms with Crippen LogP contribution in [0.1, 0.15) is 11.6 Å². The minimum absolute atomic E-state index is 0.548. The molecule has 1 amide bonds. The van der Waals surface area contributed by atoms with Crippen molar-refractivity contribution in [3.63, 3.8) is 0 Å². The van der Waals surface area contributed by atoms with E-state index >= 15 is 0 Å². The molecule has 0 bridgehead atoms. The molecule has 1 aromatic carbocycles. The number of methoxy groups -OCH3 is 1. The molecule has 19 heavy (non-hydrogen) atoms. The van der Waals surface area contributed by atoms with Crippen molar-refractivity contribution in [1.29, 1.82) is 0 Å². The van der Waals surface area contributed by atoms with E-state index in [9.17, 15) is 14.4 Å². The van der Waals surface area contributed by atoms with E-state index in [1.54, 1.807) is 30.3 Å². The number of esters is 1. The second kappa shape index (κ2) is 6.95. The molecule has 0 aliphatic carbocycles. The van der Waals surface area contributed by atoms with Gasteiger partial charge in [0.05, 0.1) is 7.11 Å². The first-order chi connectivity index (χ1) is 9.04. The second-order valence-electron chi connectivity index (χ2n) is 3.55. The number of hydrogen-bond acceptors (Lipinski definition) is 4. The fourth-order valence-corrected chi connectivity index (χ4v) is 1.38. The summed E-state index contributed by atoms with van der Waals surface area (Å²) in [6.07, 6.45) is 1.52. The number of carboxylic acid groups (broad SMARTS) is 1. The van der Waals surface area contributed by atoms with Crippen LogP contribution in [-0.4, -0.2) is 30.1 Å². The molecule has 1 atom stereocenters. The molecule has 0 saturated carbocycles. The topological polar surface area (TPSA) is 92.7 Å². The van der Waals surface area contributed by atoms with Crippen LogP contribution in [0.5, 0.6) is 0 Å². The van der Waals surface area contributed by atoms with Crippen molar-refractivity contribution < 1.29 is 24.2 Å². The molecular formula is C13H13NO5. The lowest BCUT2D eigenvalue weighted by Crippen LogP contribution is -2.33. The van der Waals surface area contributed by atoms with Gasteiger partial charge < -0.3 is 15.2 Å². The Morgan fingerprint density at radius 1 is 1.21 bits per heavy atom. The summed E-state index contributed by atoms with van der Waals surface area (Å²) in [4.78, 5) is 33.4. The number of carbonyl (C=O) groups is 3. The van der Waals surface area contributed by atoms with Gasteiger partial charge in [-0.25, -0.2) is 9.59 Å². The zero-order valence-corrected chi connectivity index (χ0v) is 10.2. The summed E-state index contributed by atoms with van der Waals surface area (Å²) in [5.41, 5.74) is 0.548. The van der Waals surface area contributed by atoms with E-state index in [2.05, 4.69) is 10.1 Å². The summed E-state index contributed by atoms with van der Waals surface area (Å²) in [6, 6.07) is 7.53. The average Bonchev–Trinajstić information content (AvgIpc) is 2.42. The molecular weight excluding hydrogens is 250 g/mol. The van der Waals surface area contributed by atoms with Crippen LogP contribution in [0.3, 0.4) is 0 Å². The Hall–Kier alpha value is -2.63. The van der Waals surface area contributed by atoms with E-state index in [0.717, 1.165) is 6.08 Å². The number of carbonyl (C=O) groups excluding carboxylic acids is 2. The fourth-order valence-electron chi connectivity index (χ4n) is 1.38. The minimum Gasteiger partial charge on any atom is -0.478 e. The Morgan fingerprint density at radius 2 is 1.84 bits per heavy atom. The van der Waals surface area contributed by atoms with Crippen LogP contribution in [0.2, 0.25) is 0 Å². The third-order valence-electron chi connectivity index (χ3n) is 2.23. The van der Waals surface area contributed by atoms with Crippen molar-refractivity contribution in [3.8, 4) is 0 Å². The lowest BCUT2D eigenvalue weighted by atomic mass is 10.1. The number of rotatable bonds is 5. The van der Waals surface area contributed by atoms with Gasteiger partial charge in [-0.2, -0.15) is 0 Å². The summed E-state index contributed by atoms with van der Waals surface area (Å²) in [5.74, 6) is -2.57. The van der Waals surface area contributed by atoms with Gasteiger partial charge in [-0.3, -0.25) is 4.79 Å². The maximum Gasteiger partial charge on any atom is 0.333 e. The molecule has 0 spiro atoms. The van der Waals surface area contributed by atoms with Crippen LogP contribution < -0.4 is 5.32 Å². The molecule has 1 unspecified atom stereocenters. The molecule has 100 valence electrons. The normalized spacial score (nSPS) is 11.8. The number of nitrogens with one attached hydrogen (secondary N) is 1. The van der Waals surface area contributed by atoms with Crippen molar-refractivity contribution in [2.45, 2.75) is 6.04 Å². The smallest absolute Gasteiger partial charge is 0.333 e. The van der Waals surface area contributed by atoms with Gasteiger partial charge in [0, 0.05) is 12.2 Å². The third kappa shape index (κ3) is 4.63. The highest BCUT2D eigenvalue weighted by molar-refractivity contribution is 5.96. The first kappa shape index (κ1) is 14.4. The first-order valence-electron chi connectivity index (χ1n) is 5.39. The van der Waals surface area contributed by atoms with Gasteiger partial charge in [-0.1, -0.05) is 30.3 Å². The number of benzene rings is 1. The van der Waals surface area contributed by atoms with E-state index in [4.69, 9.17) is 5.11 Å².